The van der Waals surface area contributed by atoms with Gasteiger partial charge in [0.1, 0.15) is 0 Å². The summed E-state index contributed by atoms with van der Waals surface area (Å²) in [5.41, 5.74) is -0.122. The molecular weight excluding hydrogens is 241 g/mol. The summed E-state index contributed by atoms with van der Waals surface area (Å²) in [5.74, 6) is -1.05. The number of halogens is 3. The predicted octanol–water partition coefficient (Wildman–Crippen LogP) is 1.43. The molecule has 0 aliphatic carbocycles. The van der Waals surface area contributed by atoms with Gasteiger partial charge in [-0.3, -0.25) is 0 Å². The van der Waals surface area contributed by atoms with Crippen LogP contribution in [0.5, 0.6) is 0 Å². The molecule has 0 fully saturated rings. The van der Waals surface area contributed by atoms with Crippen LogP contribution in [0.2, 0.25) is 0 Å². The number of rotatable bonds is 3. The van der Waals surface area contributed by atoms with Crippen LogP contribution in [-0.4, -0.2) is 41.9 Å². The van der Waals surface area contributed by atoms with Gasteiger partial charge < -0.3 is 14.6 Å². The molecule has 0 radical (unpaired) electrons. The van der Waals surface area contributed by atoms with E-state index in [9.17, 15) is 18.5 Å². The molecule has 0 saturated carbocycles. The molecule has 0 bridgehead atoms. The molecule has 5 nitrogen and oxygen atoms in total. The van der Waals surface area contributed by atoms with E-state index in [4.69, 9.17) is 0 Å². The Kier molecular flexibility index (Phi) is 3.90. The third-order valence-corrected chi connectivity index (χ3v) is 2.50. The second-order valence-electron chi connectivity index (χ2n) is 3.82. The van der Waals surface area contributed by atoms with Gasteiger partial charge in [0.2, 0.25) is 5.88 Å². The summed E-state index contributed by atoms with van der Waals surface area (Å²) in [7, 11) is 1.85. The van der Waals surface area contributed by atoms with Crippen LogP contribution in [0.4, 0.5) is 13.4 Å². The summed E-state index contributed by atoms with van der Waals surface area (Å²) in [4.78, 5) is 0. The molecule has 1 aliphatic heterocycles. The minimum absolute atomic E-state index is 0.122. The molecule has 17 heavy (non-hydrogen) atoms. The van der Waals surface area contributed by atoms with Crippen molar-refractivity contribution in [2.45, 2.75) is 26.2 Å². The highest BCUT2D eigenvalue weighted by Crippen LogP contribution is 2.40. The quantitative estimate of drug-likeness (QED) is 0.611. The SMILES string of the molecule is COC1=C(C(C)C)C(O)N(F)C(F)(OC)N1F. The lowest BCUT2D eigenvalue weighted by Crippen LogP contribution is -2.60. The Hall–Kier alpha value is -0.990. The van der Waals surface area contributed by atoms with Crippen molar-refractivity contribution >= 4 is 0 Å². The van der Waals surface area contributed by atoms with Crippen molar-refractivity contribution in [2.24, 2.45) is 5.92 Å². The molecule has 1 aliphatic rings. The molecule has 2 unspecified atom stereocenters. The first kappa shape index (κ1) is 14.1. The molecule has 1 heterocycles. The Balaban J connectivity index is 3.33. The summed E-state index contributed by atoms with van der Waals surface area (Å²) in [5, 5.41) is 8.19. The largest absolute Gasteiger partial charge is 0.481 e. The molecule has 0 amide bonds. The minimum atomic E-state index is -3.55. The predicted molar refractivity (Wildman–Crippen MR) is 51.6 cm³/mol. The number of hydrogen-bond acceptors (Lipinski definition) is 5. The molecular formula is C9H15F3N2O3. The topological polar surface area (TPSA) is 45.2 Å². The van der Waals surface area contributed by atoms with Crippen molar-refractivity contribution in [1.82, 2.24) is 10.2 Å². The molecule has 1 N–H and O–H groups in total. The van der Waals surface area contributed by atoms with E-state index in [0.717, 1.165) is 14.2 Å². The zero-order chi connectivity index (χ0) is 13.4. The molecule has 100 valence electrons. The Labute approximate surface area is 96.9 Å². The van der Waals surface area contributed by atoms with E-state index in [1.165, 1.54) is 0 Å². The Morgan fingerprint density at radius 1 is 1.35 bits per heavy atom. The number of aliphatic hydroxyl groups is 1. The van der Waals surface area contributed by atoms with Gasteiger partial charge in [0.05, 0.1) is 7.11 Å². The van der Waals surface area contributed by atoms with Crippen LogP contribution in [0, 0.1) is 5.92 Å². The number of ether oxygens (including phenoxy) is 2. The zero-order valence-corrected chi connectivity index (χ0v) is 9.95. The summed E-state index contributed by atoms with van der Waals surface area (Å²) in [6.07, 6.45) is -5.54. The standard InChI is InChI=1S/C9H15F3N2O3/c1-5(2)6-7(15)13(11)9(10,17-4)14(12)8(6)16-3/h5,7,15H,1-4H3. The third-order valence-electron chi connectivity index (χ3n) is 2.50. The van der Waals surface area contributed by atoms with E-state index in [2.05, 4.69) is 9.47 Å². The van der Waals surface area contributed by atoms with E-state index in [1.54, 1.807) is 13.8 Å². The van der Waals surface area contributed by atoms with Crippen LogP contribution in [0.3, 0.4) is 0 Å². The van der Waals surface area contributed by atoms with E-state index in [-0.39, 0.29) is 5.57 Å². The highest BCUT2D eigenvalue weighted by atomic mass is 19.2. The van der Waals surface area contributed by atoms with Crippen molar-refractivity contribution in [3.05, 3.63) is 11.5 Å². The van der Waals surface area contributed by atoms with E-state index < -0.39 is 34.4 Å². The third kappa shape index (κ3) is 1.96. The van der Waals surface area contributed by atoms with Crippen LogP contribution < -0.4 is 0 Å². The molecule has 0 spiro atoms. The molecule has 0 aromatic heterocycles. The van der Waals surface area contributed by atoms with Gasteiger partial charge in [-0.2, -0.15) is 4.39 Å². The average Bonchev–Trinajstić information content (AvgIpc) is 2.30. The van der Waals surface area contributed by atoms with Gasteiger partial charge in [-0.25, -0.2) is 0 Å². The smallest absolute Gasteiger partial charge is 0.414 e. The van der Waals surface area contributed by atoms with Crippen LogP contribution in [0.1, 0.15) is 13.8 Å². The number of alkyl halides is 1. The molecule has 0 aromatic carbocycles. The fourth-order valence-electron chi connectivity index (χ4n) is 1.62. The Morgan fingerprint density at radius 3 is 2.24 bits per heavy atom. The fourth-order valence-corrected chi connectivity index (χ4v) is 1.62. The number of nitrogens with zero attached hydrogens (tertiary/aromatic N) is 2. The first-order chi connectivity index (χ1) is 7.81. The first-order valence-corrected chi connectivity index (χ1v) is 4.92. The summed E-state index contributed by atoms with van der Waals surface area (Å²) in [6, 6.07) is 0. The van der Waals surface area contributed by atoms with E-state index in [0.29, 0.717) is 0 Å². The molecule has 2 atom stereocenters. The monoisotopic (exact) mass is 256 g/mol. The van der Waals surface area contributed by atoms with Gasteiger partial charge in [0.25, 0.3) is 0 Å². The second kappa shape index (κ2) is 4.71. The molecule has 0 saturated heterocycles. The second-order valence-corrected chi connectivity index (χ2v) is 3.82. The number of methoxy groups -OCH3 is 2. The lowest BCUT2D eigenvalue weighted by atomic mass is 10.0. The van der Waals surface area contributed by atoms with Gasteiger partial charge in [-0.15, -0.1) is 4.48 Å². The summed E-state index contributed by atoms with van der Waals surface area (Å²) >= 11 is 0. The summed E-state index contributed by atoms with van der Waals surface area (Å²) < 4.78 is 49.8. The molecule has 1 rings (SSSR count). The van der Waals surface area contributed by atoms with Gasteiger partial charge in [0.15, 0.2) is 6.23 Å². The highest BCUT2D eigenvalue weighted by Gasteiger charge is 2.57. The maximum absolute atomic E-state index is 13.8. The maximum atomic E-state index is 13.8. The van der Waals surface area contributed by atoms with Gasteiger partial charge in [-0.1, -0.05) is 23.5 Å². The van der Waals surface area contributed by atoms with Crippen molar-refractivity contribution in [3.63, 3.8) is 0 Å². The normalized spacial score (nSPS) is 31.4. The zero-order valence-electron chi connectivity index (χ0n) is 9.95. The van der Waals surface area contributed by atoms with Gasteiger partial charge >= 0.3 is 6.10 Å². The Bertz CT molecular complexity index is 327. The van der Waals surface area contributed by atoms with Crippen LogP contribution >= 0.6 is 0 Å². The van der Waals surface area contributed by atoms with Crippen molar-refractivity contribution in [2.75, 3.05) is 14.2 Å². The van der Waals surface area contributed by atoms with Crippen molar-refractivity contribution in [3.8, 4) is 0 Å². The van der Waals surface area contributed by atoms with Crippen LogP contribution in [-0.2, 0) is 9.47 Å². The fraction of sp³-hybridized carbons (Fsp3) is 0.778. The van der Waals surface area contributed by atoms with Crippen molar-refractivity contribution < 1.29 is 27.9 Å². The van der Waals surface area contributed by atoms with Crippen LogP contribution in [0.25, 0.3) is 0 Å². The van der Waals surface area contributed by atoms with Crippen LogP contribution in [0.15, 0.2) is 11.5 Å². The molecule has 8 heteroatoms. The van der Waals surface area contributed by atoms with E-state index in [1.807, 2.05) is 0 Å². The number of aliphatic hydroxyl groups excluding tert-OH is 1. The molecule has 0 aromatic rings. The van der Waals surface area contributed by atoms with E-state index >= 15 is 0 Å². The first-order valence-electron chi connectivity index (χ1n) is 4.92. The van der Waals surface area contributed by atoms with Crippen molar-refractivity contribution in [1.29, 1.82) is 0 Å². The lowest BCUT2D eigenvalue weighted by Gasteiger charge is -2.42. The van der Waals surface area contributed by atoms with Gasteiger partial charge in [0, 0.05) is 12.7 Å². The lowest BCUT2D eigenvalue weighted by molar-refractivity contribution is -0.435. The Morgan fingerprint density at radius 2 is 1.88 bits per heavy atom. The number of hydrogen-bond donors (Lipinski definition) is 1. The highest BCUT2D eigenvalue weighted by molar-refractivity contribution is 5.17. The maximum Gasteiger partial charge on any atom is 0.414 e. The van der Waals surface area contributed by atoms with Gasteiger partial charge in [-0.05, 0) is 11.0 Å². The minimum Gasteiger partial charge on any atom is -0.481 e. The average molecular weight is 256 g/mol. The summed E-state index contributed by atoms with van der Waals surface area (Å²) in [6.45, 7) is 3.16.